The van der Waals surface area contributed by atoms with Gasteiger partial charge < -0.3 is 4.74 Å². The smallest absolute Gasteiger partial charge is 0.274 e. The number of hydrogen-bond donors (Lipinski definition) is 2. The Kier molecular flexibility index (Phi) is 4.06. The SMILES string of the molecule is O=C(NO)c1cc(F)c2c(c1)CCN([C@@H]1CCC3(CCOC3)C1)C2. The Morgan fingerprint density at radius 2 is 2.29 bits per heavy atom. The van der Waals surface area contributed by atoms with E-state index in [9.17, 15) is 9.18 Å². The lowest BCUT2D eigenvalue weighted by atomic mass is 9.85. The number of ether oxygens (including phenoxy) is 1. The van der Waals surface area contributed by atoms with E-state index in [0.29, 0.717) is 23.6 Å². The molecule has 0 radical (unpaired) electrons. The van der Waals surface area contributed by atoms with Crippen LogP contribution in [0.3, 0.4) is 0 Å². The van der Waals surface area contributed by atoms with Crippen molar-refractivity contribution in [1.82, 2.24) is 10.4 Å². The first-order chi connectivity index (χ1) is 11.6. The van der Waals surface area contributed by atoms with Gasteiger partial charge in [0.1, 0.15) is 5.82 Å². The highest BCUT2D eigenvalue weighted by Gasteiger charge is 2.44. The molecule has 1 aromatic rings. The second-order valence-electron chi connectivity index (χ2n) is 7.46. The van der Waals surface area contributed by atoms with Crippen molar-refractivity contribution >= 4 is 5.91 Å². The summed E-state index contributed by atoms with van der Waals surface area (Å²) in [6.07, 6.45) is 5.40. The summed E-state index contributed by atoms with van der Waals surface area (Å²) in [4.78, 5) is 13.9. The summed E-state index contributed by atoms with van der Waals surface area (Å²) in [7, 11) is 0. The maximum atomic E-state index is 14.5. The van der Waals surface area contributed by atoms with Crippen LogP contribution in [0.2, 0.25) is 0 Å². The molecule has 2 aliphatic heterocycles. The van der Waals surface area contributed by atoms with E-state index < -0.39 is 5.91 Å². The van der Waals surface area contributed by atoms with Gasteiger partial charge in [-0.1, -0.05) is 0 Å². The van der Waals surface area contributed by atoms with E-state index in [1.165, 1.54) is 12.5 Å². The fraction of sp³-hybridized carbons (Fsp3) is 0.611. The molecule has 1 spiro atoms. The summed E-state index contributed by atoms with van der Waals surface area (Å²) in [5.41, 5.74) is 3.66. The van der Waals surface area contributed by atoms with Gasteiger partial charge in [-0.05, 0) is 55.2 Å². The number of hydrogen-bond acceptors (Lipinski definition) is 4. The maximum absolute atomic E-state index is 14.5. The van der Waals surface area contributed by atoms with Crippen LogP contribution in [0.5, 0.6) is 0 Å². The number of amides is 1. The van der Waals surface area contributed by atoms with Gasteiger partial charge in [-0.3, -0.25) is 14.9 Å². The zero-order chi connectivity index (χ0) is 16.7. The monoisotopic (exact) mass is 334 g/mol. The molecule has 1 aromatic carbocycles. The van der Waals surface area contributed by atoms with Crippen molar-refractivity contribution in [1.29, 1.82) is 0 Å². The Morgan fingerprint density at radius 3 is 3.04 bits per heavy atom. The van der Waals surface area contributed by atoms with Crippen LogP contribution in [0.25, 0.3) is 0 Å². The molecule has 1 aliphatic carbocycles. The Bertz CT molecular complexity index is 658. The van der Waals surface area contributed by atoms with Crippen LogP contribution in [-0.4, -0.2) is 41.8 Å². The molecule has 3 aliphatic rings. The minimum atomic E-state index is -0.668. The summed E-state index contributed by atoms with van der Waals surface area (Å²) in [5, 5.41) is 8.73. The van der Waals surface area contributed by atoms with Gasteiger partial charge in [0.05, 0.1) is 6.61 Å². The molecular weight excluding hydrogens is 311 g/mol. The van der Waals surface area contributed by atoms with Crippen LogP contribution in [0.15, 0.2) is 12.1 Å². The standard InChI is InChI=1S/C18H23FN2O3/c19-16-8-13(17(22)20-23)7-12-2-5-21(10-15(12)16)14-1-3-18(9-14)4-6-24-11-18/h7-8,14,23H,1-6,9-11H2,(H,20,22)/t14-,18?/m1/s1. The number of fused-ring (bicyclic) bond motifs is 1. The van der Waals surface area contributed by atoms with Crippen molar-refractivity contribution in [2.75, 3.05) is 19.8 Å². The normalized spacial score (nSPS) is 29.8. The molecule has 1 unspecified atom stereocenters. The third-order valence-electron chi connectivity index (χ3n) is 6.06. The second-order valence-corrected chi connectivity index (χ2v) is 7.46. The number of nitrogens with one attached hydrogen (secondary N) is 1. The van der Waals surface area contributed by atoms with Gasteiger partial charge in [-0.15, -0.1) is 0 Å². The highest BCUT2D eigenvalue weighted by Crippen LogP contribution is 2.46. The van der Waals surface area contributed by atoms with Crippen LogP contribution >= 0.6 is 0 Å². The average Bonchev–Trinajstić information content (AvgIpc) is 3.24. The molecule has 5 nitrogen and oxygen atoms in total. The molecule has 2 heterocycles. The predicted octanol–water partition coefficient (Wildman–Crippen LogP) is 2.26. The Morgan fingerprint density at radius 1 is 1.42 bits per heavy atom. The molecule has 1 saturated heterocycles. The van der Waals surface area contributed by atoms with Crippen LogP contribution in [0, 0.1) is 11.2 Å². The Balaban J connectivity index is 1.51. The molecule has 6 heteroatoms. The lowest BCUT2D eigenvalue weighted by Crippen LogP contribution is -2.39. The van der Waals surface area contributed by atoms with Gasteiger partial charge in [0, 0.05) is 36.9 Å². The fourth-order valence-corrected chi connectivity index (χ4v) is 4.64. The first-order valence-electron chi connectivity index (χ1n) is 8.68. The van der Waals surface area contributed by atoms with Crippen molar-refractivity contribution in [3.05, 3.63) is 34.6 Å². The van der Waals surface area contributed by atoms with Gasteiger partial charge in [0.25, 0.3) is 5.91 Å². The molecule has 1 saturated carbocycles. The first kappa shape index (κ1) is 16.0. The fourth-order valence-electron chi connectivity index (χ4n) is 4.64. The van der Waals surface area contributed by atoms with Gasteiger partial charge in [-0.2, -0.15) is 0 Å². The zero-order valence-corrected chi connectivity index (χ0v) is 13.7. The molecule has 130 valence electrons. The van der Waals surface area contributed by atoms with E-state index >= 15 is 0 Å². The van der Waals surface area contributed by atoms with E-state index in [2.05, 4.69) is 4.90 Å². The number of halogens is 1. The van der Waals surface area contributed by atoms with E-state index in [4.69, 9.17) is 9.94 Å². The van der Waals surface area contributed by atoms with Crippen LogP contribution in [-0.2, 0) is 17.7 Å². The number of hydroxylamine groups is 1. The van der Waals surface area contributed by atoms with E-state index in [0.717, 1.165) is 51.0 Å². The Labute approximate surface area is 140 Å². The second kappa shape index (κ2) is 6.10. The first-order valence-corrected chi connectivity index (χ1v) is 8.68. The minimum Gasteiger partial charge on any atom is -0.381 e. The average molecular weight is 334 g/mol. The molecule has 1 amide bonds. The lowest BCUT2D eigenvalue weighted by Gasteiger charge is -2.35. The van der Waals surface area contributed by atoms with Crippen molar-refractivity contribution in [2.45, 2.75) is 44.7 Å². The summed E-state index contributed by atoms with van der Waals surface area (Å²) in [6.45, 7) is 3.24. The quantitative estimate of drug-likeness (QED) is 0.643. The summed E-state index contributed by atoms with van der Waals surface area (Å²) in [6, 6.07) is 3.41. The van der Waals surface area contributed by atoms with Crippen LogP contribution in [0.1, 0.15) is 47.2 Å². The molecule has 2 fully saturated rings. The minimum absolute atomic E-state index is 0.171. The highest BCUT2D eigenvalue weighted by atomic mass is 19.1. The zero-order valence-electron chi connectivity index (χ0n) is 13.7. The maximum Gasteiger partial charge on any atom is 0.274 e. The predicted molar refractivity (Wildman–Crippen MR) is 85.3 cm³/mol. The highest BCUT2D eigenvalue weighted by molar-refractivity contribution is 5.93. The number of carbonyl (C=O) groups is 1. The van der Waals surface area contributed by atoms with Gasteiger partial charge in [0.15, 0.2) is 0 Å². The van der Waals surface area contributed by atoms with Crippen molar-refractivity contribution in [3.63, 3.8) is 0 Å². The van der Waals surface area contributed by atoms with Gasteiger partial charge >= 0.3 is 0 Å². The van der Waals surface area contributed by atoms with E-state index in [1.807, 2.05) is 0 Å². The third kappa shape index (κ3) is 2.72. The number of benzene rings is 1. The third-order valence-corrected chi connectivity index (χ3v) is 6.06. The van der Waals surface area contributed by atoms with E-state index in [1.54, 1.807) is 11.5 Å². The number of rotatable bonds is 2. The van der Waals surface area contributed by atoms with Crippen LogP contribution in [0.4, 0.5) is 4.39 Å². The number of nitrogens with zero attached hydrogens (tertiary/aromatic N) is 1. The van der Waals surface area contributed by atoms with Gasteiger partial charge in [-0.25, -0.2) is 9.87 Å². The molecule has 2 atom stereocenters. The lowest BCUT2D eigenvalue weighted by molar-refractivity contribution is 0.0705. The van der Waals surface area contributed by atoms with Crippen LogP contribution < -0.4 is 5.48 Å². The topological polar surface area (TPSA) is 61.8 Å². The molecule has 24 heavy (non-hydrogen) atoms. The summed E-state index contributed by atoms with van der Waals surface area (Å²) in [5.74, 6) is -1.02. The molecule has 0 bridgehead atoms. The largest absolute Gasteiger partial charge is 0.381 e. The molecule has 0 aromatic heterocycles. The summed E-state index contributed by atoms with van der Waals surface area (Å²) >= 11 is 0. The molecule has 2 N–H and O–H groups in total. The van der Waals surface area contributed by atoms with Crippen molar-refractivity contribution in [2.24, 2.45) is 5.41 Å². The summed E-state index contributed by atoms with van der Waals surface area (Å²) < 4.78 is 20.1. The van der Waals surface area contributed by atoms with E-state index in [-0.39, 0.29) is 11.4 Å². The number of carbonyl (C=O) groups excluding carboxylic acids is 1. The van der Waals surface area contributed by atoms with Gasteiger partial charge in [0.2, 0.25) is 0 Å². The van der Waals surface area contributed by atoms with Crippen molar-refractivity contribution in [3.8, 4) is 0 Å². The molecule has 4 rings (SSSR count). The Hall–Kier alpha value is -1.50. The van der Waals surface area contributed by atoms with Crippen molar-refractivity contribution < 1.29 is 19.1 Å². The molecular formula is C18H23FN2O3.